The molecule has 0 spiro atoms. The number of halogens is 1. The average molecular weight is 359 g/mol. The van der Waals surface area contributed by atoms with Gasteiger partial charge in [0.2, 0.25) is 0 Å². The summed E-state index contributed by atoms with van der Waals surface area (Å²) < 4.78 is 1.60. The van der Waals surface area contributed by atoms with Crippen LogP contribution in [0.25, 0.3) is 0 Å². The predicted molar refractivity (Wildman–Crippen MR) is 88.5 cm³/mol. The van der Waals surface area contributed by atoms with E-state index in [1.807, 2.05) is 0 Å². The molecule has 1 atom stereocenters. The summed E-state index contributed by atoms with van der Waals surface area (Å²) in [5.41, 5.74) is 1.16. The zero-order valence-corrected chi connectivity index (χ0v) is 15.0. The van der Waals surface area contributed by atoms with Crippen molar-refractivity contribution in [1.82, 2.24) is 19.8 Å². The Morgan fingerprint density at radius 3 is 2.75 bits per heavy atom. The standard InChI is InChI=1S/C14H23BrN4S/c1-9(2)7-10-12(15)14(20)17-13(16-10)11-8-18(3)5-6-19(11)4/h9,11H,5-8H2,1-4H3,(H,16,17,20). The maximum Gasteiger partial charge on any atom is 0.144 e. The highest BCUT2D eigenvalue weighted by Gasteiger charge is 2.26. The smallest absolute Gasteiger partial charge is 0.144 e. The number of aromatic amines is 1. The van der Waals surface area contributed by atoms with Gasteiger partial charge in [-0.15, -0.1) is 0 Å². The number of piperazine rings is 1. The van der Waals surface area contributed by atoms with Crippen LogP contribution < -0.4 is 0 Å². The molecular weight excluding hydrogens is 336 g/mol. The SMILES string of the molecule is CC(C)Cc1[nH]c(C2CN(C)CCN2C)nc(=S)c1Br. The molecule has 20 heavy (non-hydrogen) atoms. The number of hydrogen-bond acceptors (Lipinski definition) is 4. The molecular formula is C14H23BrN4S. The van der Waals surface area contributed by atoms with E-state index in [0.717, 1.165) is 42.0 Å². The van der Waals surface area contributed by atoms with Gasteiger partial charge in [-0.05, 0) is 42.4 Å². The van der Waals surface area contributed by atoms with Crippen LogP contribution in [-0.2, 0) is 6.42 Å². The maximum atomic E-state index is 5.41. The molecule has 2 heterocycles. The van der Waals surface area contributed by atoms with Gasteiger partial charge in [-0.2, -0.15) is 0 Å². The summed E-state index contributed by atoms with van der Waals surface area (Å²) in [6, 6.07) is 0.287. The summed E-state index contributed by atoms with van der Waals surface area (Å²) in [5, 5.41) is 0. The summed E-state index contributed by atoms with van der Waals surface area (Å²) in [5.74, 6) is 1.57. The van der Waals surface area contributed by atoms with Crippen LogP contribution in [0.1, 0.15) is 31.4 Å². The summed E-state index contributed by atoms with van der Waals surface area (Å²) in [7, 11) is 4.31. The van der Waals surface area contributed by atoms with Gasteiger partial charge in [0.1, 0.15) is 10.5 Å². The third-order valence-electron chi connectivity index (χ3n) is 3.73. The number of nitrogens with one attached hydrogen (secondary N) is 1. The van der Waals surface area contributed by atoms with Crippen molar-refractivity contribution < 1.29 is 0 Å². The Balaban J connectivity index is 2.36. The second-order valence-electron chi connectivity index (χ2n) is 6.08. The van der Waals surface area contributed by atoms with Gasteiger partial charge in [0, 0.05) is 25.3 Å². The fraction of sp³-hybridized carbons (Fsp3) is 0.714. The molecule has 0 aliphatic carbocycles. The van der Waals surface area contributed by atoms with Gasteiger partial charge in [0.25, 0.3) is 0 Å². The minimum Gasteiger partial charge on any atom is -0.345 e. The summed E-state index contributed by atoms with van der Waals surface area (Å²) >= 11 is 8.98. The fourth-order valence-electron chi connectivity index (χ4n) is 2.54. The number of likely N-dealkylation sites (N-methyl/N-ethyl adjacent to an activating group) is 2. The fourth-order valence-corrected chi connectivity index (χ4v) is 3.11. The lowest BCUT2D eigenvalue weighted by molar-refractivity contribution is 0.109. The number of nitrogens with zero attached hydrogens (tertiary/aromatic N) is 3. The lowest BCUT2D eigenvalue weighted by Crippen LogP contribution is -2.45. The predicted octanol–water partition coefficient (Wildman–Crippen LogP) is 3.02. The van der Waals surface area contributed by atoms with Crippen molar-refractivity contribution in [3.05, 3.63) is 20.6 Å². The molecule has 6 heteroatoms. The van der Waals surface area contributed by atoms with Gasteiger partial charge in [-0.25, -0.2) is 4.98 Å². The van der Waals surface area contributed by atoms with E-state index in [1.165, 1.54) is 0 Å². The van der Waals surface area contributed by atoms with Gasteiger partial charge >= 0.3 is 0 Å². The molecule has 4 nitrogen and oxygen atoms in total. The van der Waals surface area contributed by atoms with Gasteiger partial charge in [0.15, 0.2) is 0 Å². The van der Waals surface area contributed by atoms with Crippen molar-refractivity contribution in [2.45, 2.75) is 26.3 Å². The Kier molecular flexibility index (Phi) is 5.34. The molecule has 1 saturated heterocycles. The number of H-pyrrole nitrogens is 1. The van der Waals surface area contributed by atoms with Gasteiger partial charge in [-0.1, -0.05) is 26.1 Å². The first-order valence-corrected chi connectivity index (χ1v) is 8.26. The largest absolute Gasteiger partial charge is 0.345 e. The molecule has 1 aliphatic heterocycles. The van der Waals surface area contributed by atoms with Gasteiger partial charge in [0.05, 0.1) is 10.5 Å². The highest BCUT2D eigenvalue weighted by Crippen LogP contribution is 2.25. The van der Waals surface area contributed by atoms with Crippen molar-refractivity contribution in [3.63, 3.8) is 0 Å². The Morgan fingerprint density at radius 2 is 2.10 bits per heavy atom. The molecule has 0 saturated carbocycles. The number of hydrogen-bond donors (Lipinski definition) is 1. The van der Waals surface area contributed by atoms with Crippen molar-refractivity contribution in [2.75, 3.05) is 33.7 Å². The van der Waals surface area contributed by atoms with Crippen LogP contribution in [-0.4, -0.2) is 53.5 Å². The van der Waals surface area contributed by atoms with E-state index in [-0.39, 0.29) is 6.04 Å². The van der Waals surface area contributed by atoms with Gasteiger partial charge in [-0.3, -0.25) is 4.90 Å². The molecule has 1 fully saturated rings. The molecule has 112 valence electrons. The quantitative estimate of drug-likeness (QED) is 0.842. The summed E-state index contributed by atoms with van der Waals surface area (Å²) in [6.45, 7) is 7.56. The van der Waals surface area contributed by atoms with E-state index < -0.39 is 0 Å². The molecule has 1 aliphatic rings. The molecule has 0 amide bonds. The molecule has 1 aromatic heterocycles. The Labute approximate surface area is 134 Å². The van der Waals surface area contributed by atoms with Crippen LogP contribution in [0, 0.1) is 10.6 Å². The van der Waals surface area contributed by atoms with E-state index in [4.69, 9.17) is 12.2 Å². The van der Waals surface area contributed by atoms with Crippen LogP contribution in [0.3, 0.4) is 0 Å². The number of rotatable bonds is 3. The van der Waals surface area contributed by atoms with E-state index >= 15 is 0 Å². The van der Waals surface area contributed by atoms with Gasteiger partial charge < -0.3 is 9.88 Å². The maximum absolute atomic E-state index is 5.41. The average Bonchev–Trinajstić information content (AvgIpc) is 2.37. The highest BCUT2D eigenvalue weighted by molar-refractivity contribution is 9.10. The second-order valence-corrected chi connectivity index (χ2v) is 7.26. The summed E-state index contributed by atoms with van der Waals surface area (Å²) in [4.78, 5) is 12.8. The molecule has 0 bridgehead atoms. The molecule has 1 aromatic rings. The zero-order chi connectivity index (χ0) is 14.9. The minimum atomic E-state index is 0.287. The topological polar surface area (TPSA) is 35.2 Å². The normalized spacial score (nSPS) is 21.6. The summed E-state index contributed by atoms with van der Waals surface area (Å²) in [6.07, 6.45) is 0.978. The second kappa shape index (κ2) is 6.64. The Bertz CT molecular complexity index is 528. The van der Waals surface area contributed by atoms with E-state index in [2.05, 4.69) is 63.6 Å². The van der Waals surface area contributed by atoms with E-state index in [0.29, 0.717) is 10.6 Å². The lowest BCUT2D eigenvalue weighted by Gasteiger charge is -2.37. The van der Waals surface area contributed by atoms with Crippen molar-refractivity contribution in [2.24, 2.45) is 5.92 Å². The van der Waals surface area contributed by atoms with E-state index in [1.54, 1.807) is 0 Å². The van der Waals surface area contributed by atoms with Crippen LogP contribution in [0.5, 0.6) is 0 Å². The first-order valence-electron chi connectivity index (χ1n) is 7.06. The van der Waals surface area contributed by atoms with Crippen LogP contribution in [0.2, 0.25) is 0 Å². The van der Waals surface area contributed by atoms with Crippen molar-refractivity contribution in [1.29, 1.82) is 0 Å². The zero-order valence-electron chi connectivity index (χ0n) is 12.6. The third-order valence-corrected chi connectivity index (χ3v) is 5.14. The monoisotopic (exact) mass is 358 g/mol. The third kappa shape index (κ3) is 3.67. The number of aromatic nitrogens is 2. The van der Waals surface area contributed by atoms with Crippen molar-refractivity contribution >= 4 is 28.1 Å². The molecule has 1 N–H and O–H groups in total. The van der Waals surface area contributed by atoms with Crippen LogP contribution in [0.15, 0.2) is 4.47 Å². The van der Waals surface area contributed by atoms with Crippen molar-refractivity contribution in [3.8, 4) is 0 Å². The first-order chi connectivity index (χ1) is 9.38. The lowest BCUT2D eigenvalue weighted by atomic mass is 10.1. The first kappa shape index (κ1) is 16.1. The van der Waals surface area contributed by atoms with E-state index in [9.17, 15) is 0 Å². The molecule has 1 unspecified atom stereocenters. The van der Waals surface area contributed by atoms with Crippen LogP contribution in [0.4, 0.5) is 0 Å². The Hall–Kier alpha value is -0.300. The minimum absolute atomic E-state index is 0.287. The molecule has 0 aromatic carbocycles. The molecule has 0 radical (unpaired) electrons. The Morgan fingerprint density at radius 1 is 1.40 bits per heavy atom. The molecule has 2 rings (SSSR count). The van der Waals surface area contributed by atoms with Crippen LogP contribution >= 0.6 is 28.1 Å². The highest BCUT2D eigenvalue weighted by atomic mass is 79.9.